The van der Waals surface area contributed by atoms with Gasteiger partial charge in [-0.3, -0.25) is 4.90 Å². The molecule has 4 nitrogen and oxygen atoms in total. The molecule has 2 unspecified atom stereocenters. The van der Waals surface area contributed by atoms with Gasteiger partial charge < -0.3 is 5.32 Å². The lowest BCUT2D eigenvalue weighted by Crippen LogP contribution is -2.51. The predicted octanol–water partition coefficient (Wildman–Crippen LogP) is 0.103. The first kappa shape index (κ1) is 12.9. The van der Waals surface area contributed by atoms with Crippen molar-refractivity contribution in [2.24, 2.45) is 0 Å². The Hall–Kier alpha value is -0.130. The minimum Gasteiger partial charge on any atom is -0.320 e. The van der Waals surface area contributed by atoms with E-state index in [0.29, 0.717) is 24.1 Å². The Balaban J connectivity index is 2.50. The van der Waals surface area contributed by atoms with Crippen LogP contribution in [0.1, 0.15) is 20.3 Å². The maximum atomic E-state index is 11.4. The number of hydrogen-bond acceptors (Lipinski definition) is 4. The topological polar surface area (TPSA) is 49.4 Å². The van der Waals surface area contributed by atoms with Gasteiger partial charge in [-0.05, 0) is 33.9 Å². The van der Waals surface area contributed by atoms with E-state index in [4.69, 9.17) is 0 Å². The molecule has 1 fully saturated rings. The molecule has 90 valence electrons. The monoisotopic (exact) mass is 234 g/mol. The lowest BCUT2D eigenvalue weighted by molar-refractivity contribution is 0.161. The van der Waals surface area contributed by atoms with Crippen molar-refractivity contribution in [2.75, 3.05) is 31.6 Å². The second kappa shape index (κ2) is 5.27. The highest BCUT2D eigenvalue weighted by Gasteiger charge is 2.30. The van der Waals surface area contributed by atoms with E-state index in [2.05, 4.69) is 17.1 Å². The maximum Gasteiger partial charge on any atom is 0.153 e. The van der Waals surface area contributed by atoms with Crippen LogP contribution in [0.25, 0.3) is 0 Å². The predicted molar refractivity (Wildman–Crippen MR) is 62.8 cm³/mol. The van der Waals surface area contributed by atoms with Crippen LogP contribution >= 0.6 is 0 Å². The molecule has 1 rings (SSSR count). The van der Waals surface area contributed by atoms with Gasteiger partial charge in [0, 0.05) is 18.6 Å². The van der Waals surface area contributed by atoms with Crippen LogP contribution in [0.3, 0.4) is 0 Å². The van der Waals surface area contributed by atoms with Gasteiger partial charge in [-0.1, -0.05) is 0 Å². The van der Waals surface area contributed by atoms with Gasteiger partial charge in [0.05, 0.1) is 11.5 Å². The molecule has 0 aromatic heterocycles. The largest absolute Gasteiger partial charge is 0.320 e. The maximum absolute atomic E-state index is 11.4. The number of nitrogens with one attached hydrogen (secondary N) is 1. The van der Waals surface area contributed by atoms with Gasteiger partial charge in [0.15, 0.2) is 9.84 Å². The first-order valence-corrected chi connectivity index (χ1v) is 7.39. The molecule has 0 radical (unpaired) electrons. The Kier molecular flexibility index (Phi) is 4.55. The molecule has 15 heavy (non-hydrogen) atoms. The van der Waals surface area contributed by atoms with Crippen LogP contribution in [0.5, 0.6) is 0 Å². The molecule has 0 amide bonds. The highest BCUT2D eigenvalue weighted by atomic mass is 32.2. The SMILES string of the molecule is CNCCC(C)N1CCS(=O)(=O)CC1C. The van der Waals surface area contributed by atoms with Crippen LogP contribution in [0, 0.1) is 0 Å². The third kappa shape index (κ3) is 3.74. The third-order valence-electron chi connectivity index (χ3n) is 3.10. The van der Waals surface area contributed by atoms with Crippen molar-refractivity contribution in [3.8, 4) is 0 Å². The lowest BCUT2D eigenvalue weighted by Gasteiger charge is -2.37. The van der Waals surface area contributed by atoms with Crippen LogP contribution in [-0.2, 0) is 9.84 Å². The second-order valence-corrected chi connectivity index (χ2v) is 6.67. The summed E-state index contributed by atoms with van der Waals surface area (Å²) < 4.78 is 22.8. The lowest BCUT2D eigenvalue weighted by atomic mass is 10.1. The molecule has 1 N–H and O–H groups in total. The number of sulfone groups is 1. The average molecular weight is 234 g/mol. The minimum atomic E-state index is -2.78. The number of rotatable bonds is 4. The van der Waals surface area contributed by atoms with E-state index in [1.54, 1.807) is 0 Å². The van der Waals surface area contributed by atoms with Crippen molar-refractivity contribution in [1.29, 1.82) is 0 Å². The van der Waals surface area contributed by atoms with Crippen LogP contribution in [0.2, 0.25) is 0 Å². The summed E-state index contributed by atoms with van der Waals surface area (Å²) in [7, 11) is -0.835. The van der Waals surface area contributed by atoms with Crippen LogP contribution in [-0.4, -0.2) is 57.0 Å². The molecule has 2 atom stereocenters. The Morgan fingerprint density at radius 3 is 2.73 bits per heavy atom. The van der Waals surface area contributed by atoms with Crippen molar-refractivity contribution in [3.63, 3.8) is 0 Å². The van der Waals surface area contributed by atoms with Crippen molar-refractivity contribution < 1.29 is 8.42 Å². The van der Waals surface area contributed by atoms with Gasteiger partial charge in [-0.25, -0.2) is 8.42 Å². The molecule has 0 saturated carbocycles. The van der Waals surface area contributed by atoms with Gasteiger partial charge in [0.1, 0.15) is 0 Å². The first-order chi connectivity index (χ1) is 6.96. The number of hydrogen-bond donors (Lipinski definition) is 1. The number of nitrogens with zero attached hydrogens (tertiary/aromatic N) is 1. The van der Waals surface area contributed by atoms with Crippen molar-refractivity contribution in [1.82, 2.24) is 10.2 Å². The van der Waals surface area contributed by atoms with Crippen LogP contribution in [0.15, 0.2) is 0 Å². The Morgan fingerprint density at radius 1 is 1.53 bits per heavy atom. The molecule has 0 aromatic carbocycles. The highest BCUT2D eigenvalue weighted by Crippen LogP contribution is 2.16. The summed E-state index contributed by atoms with van der Waals surface area (Å²) >= 11 is 0. The quantitative estimate of drug-likeness (QED) is 0.750. The molecule has 1 aliphatic heterocycles. The minimum absolute atomic E-state index is 0.163. The van der Waals surface area contributed by atoms with E-state index in [9.17, 15) is 8.42 Å². The molecule has 5 heteroatoms. The average Bonchev–Trinajstić information content (AvgIpc) is 2.12. The molecule has 0 spiro atoms. The van der Waals surface area contributed by atoms with E-state index < -0.39 is 9.84 Å². The fourth-order valence-electron chi connectivity index (χ4n) is 2.19. The van der Waals surface area contributed by atoms with E-state index in [-0.39, 0.29) is 6.04 Å². The zero-order valence-corrected chi connectivity index (χ0v) is 10.7. The molecule has 1 saturated heterocycles. The molecule has 1 aliphatic rings. The van der Waals surface area contributed by atoms with Gasteiger partial charge in [0.2, 0.25) is 0 Å². The second-order valence-electron chi connectivity index (χ2n) is 4.44. The summed E-state index contributed by atoms with van der Waals surface area (Å²) in [6.45, 7) is 5.85. The molecular formula is C10H22N2O2S. The standard InChI is InChI=1S/C10H22N2O2S/c1-9(4-5-11-3)12-6-7-15(13,14)8-10(12)2/h9-11H,4-8H2,1-3H3. The molecule has 0 aliphatic carbocycles. The molecule has 0 aromatic rings. The first-order valence-electron chi connectivity index (χ1n) is 5.57. The fourth-order valence-corrected chi connectivity index (χ4v) is 3.77. The summed E-state index contributed by atoms with van der Waals surface area (Å²) in [6, 6.07) is 0.624. The normalized spacial score (nSPS) is 28.9. The highest BCUT2D eigenvalue weighted by molar-refractivity contribution is 7.91. The van der Waals surface area contributed by atoms with Gasteiger partial charge in [-0.2, -0.15) is 0 Å². The molecule has 0 bridgehead atoms. The summed E-state index contributed by atoms with van der Waals surface area (Å²) in [6.07, 6.45) is 1.07. The molecular weight excluding hydrogens is 212 g/mol. The van der Waals surface area contributed by atoms with Crippen molar-refractivity contribution >= 4 is 9.84 Å². The van der Waals surface area contributed by atoms with E-state index in [0.717, 1.165) is 13.0 Å². The molecule has 1 heterocycles. The zero-order valence-electron chi connectivity index (χ0n) is 9.86. The smallest absolute Gasteiger partial charge is 0.153 e. The Labute approximate surface area is 93.0 Å². The Bertz CT molecular complexity index is 290. The Morgan fingerprint density at radius 2 is 2.20 bits per heavy atom. The van der Waals surface area contributed by atoms with E-state index in [1.165, 1.54) is 0 Å². The summed E-state index contributed by atoms with van der Waals surface area (Å²) in [4.78, 5) is 2.30. The third-order valence-corrected chi connectivity index (χ3v) is 4.89. The van der Waals surface area contributed by atoms with Gasteiger partial charge in [0.25, 0.3) is 0 Å². The fraction of sp³-hybridized carbons (Fsp3) is 1.00. The van der Waals surface area contributed by atoms with Gasteiger partial charge in [-0.15, -0.1) is 0 Å². The summed E-state index contributed by atoms with van der Waals surface area (Å²) in [5.41, 5.74) is 0. The zero-order chi connectivity index (χ0) is 11.5. The summed E-state index contributed by atoms with van der Waals surface area (Å²) in [5, 5.41) is 3.12. The van der Waals surface area contributed by atoms with Crippen LogP contribution < -0.4 is 5.32 Å². The van der Waals surface area contributed by atoms with E-state index >= 15 is 0 Å². The van der Waals surface area contributed by atoms with Crippen molar-refractivity contribution in [2.45, 2.75) is 32.4 Å². The van der Waals surface area contributed by atoms with Gasteiger partial charge >= 0.3 is 0 Å². The summed E-state index contributed by atoms with van der Waals surface area (Å²) in [5.74, 6) is 0.637. The van der Waals surface area contributed by atoms with Crippen molar-refractivity contribution in [3.05, 3.63) is 0 Å². The van der Waals surface area contributed by atoms with Crippen LogP contribution in [0.4, 0.5) is 0 Å². The van der Waals surface area contributed by atoms with E-state index in [1.807, 2.05) is 14.0 Å².